The molecule has 0 amide bonds. The average Bonchev–Trinajstić information content (AvgIpc) is 2.86. The Morgan fingerprint density at radius 3 is 2.21 bits per heavy atom. The summed E-state index contributed by atoms with van der Waals surface area (Å²) in [5, 5.41) is 7.80. The van der Waals surface area contributed by atoms with Crippen molar-refractivity contribution in [1.82, 2.24) is 9.97 Å². The summed E-state index contributed by atoms with van der Waals surface area (Å²) in [6, 6.07) is 20.5. The number of aliphatic hydroxyl groups is 1. The molecule has 0 aliphatic rings. The third-order valence-corrected chi connectivity index (χ3v) is 5.36. The number of aryl methyl sites for hydroxylation is 3. The molecule has 0 unspecified atom stereocenters. The third-order valence-electron chi connectivity index (χ3n) is 5.36. The molecule has 4 rings (SSSR count). The van der Waals surface area contributed by atoms with Gasteiger partial charge in [0.15, 0.2) is 5.78 Å². The van der Waals surface area contributed by atoms with E-state index in [1.807, 2.05) is 43.3 Å². The van der Waals surface area contributed by atoms with Crippen molar-refractivity contribution in [3.05, 3.63) is 95.3 Å². The maximum absolute atomic E-state index is 11.8. The molecule has 0 atom stereocenters. The molecule has 2 heterocycles. The van der Waals surface area contributed by atoms with Gasteiger partial charge in [-0.3, -0.25) is 9.78 Å². The molecule has 4 aromatic rings. The SMILES string of the molecule is CC(=O)c1cc(-c2ccc(C)cc2)nc2ccncc12.CCCc1ccccc1CC.CO. The molecule has 0 saturated heterocycles. The van der Waals surface area contributed by atoms with Crippen molar-refractivity contribution >= 4 is 16.7 Å². The van der Waals surface area contributed by atoms with Crippen molar-refractivity contribution in [3.8, 4) is 11.3 Å². The Kier molecular flexibility index (Phi) is 10.4. The second-order valence-electron chi connectivity index (χ2n) is 7.74. The van der Waals surface area contributed by atoms with Gasteiger partial charge in [0, 0.05) is 36.0 Å². The van der Waals surface area contributed by atoms with Gasteiger partial charge < -0.3 is 5.11 Å². The predicted molar refractivity (Wildman–Crippen MR) is 138 cm³/mol. The van der Waals surface area contributed by atoms with Crippen LogP contribution in [0.2, 0.25) is 0 Å². The number of fused-ring (bicyclic) bond motifs is 1. The van der Waals surface area contributed by atoms with Crippen LogP contribution in [-0.4, -0.2) is 28.0 Å². The Morgan fingerprint density at radius 1 is 0.939 bits per heavy atom. The second kappa shape index (κ2) is 13.2. The number of benzene rings is 2. The van der Waals surface area contributed by atoms with Crippen LogP contribution in [-0.2, 0) is 12.8 Å². The number of carbonyl (C=O) groups is 1. The van der Waals surface area contributed by atoms with E-state index in [0.717, 1.165) is 35.7 Å². The van der Waals surface area contributed by atoms with Gasteiger partial charge in [0.05, 0.1) is 11.2 Å². The lowest BCUT2D eigenvalue weighted by atomic mass is 10.0. The lowest BCUT2D eigenvalue weighted by Crippen LogP contribution is -1.98. The largest absolute Gasteiger partial charge is 0.400 e. The van der Waals surface area contributed by atoms with Gasteiger partial charge in [-0.2, -0.15) is 0 Å². The molecule has 0 spiro atoms. The quantitative estimate of drug-likeness (QED) is 0.353. The van der Waals surface area contributed by atoms with Gasteiger partial charge in [0.25, 0.3) is 0 Å². The van der Waals surface area contributed by atoms with E-state index in [4.69, 9.17) is 5.11 Å². The van der Waals surface area contributed by atoms with Crippen LogP contribution in [0.3, 0.4) is 0 Å². The minimum atomic E-state index is 0.0266. The highest BCUT2D eigenvalue weighted by atomic mass is 16.2. The number of pyridine rings is 2. The van der Waals surface area contributed by atoms with Crippen LogP contribution in [0.5, 0.6) is 0 Å². The van der Waals surface area contributed by atoms with Crippen LogP contribution in [0.4, 0.5) is 0 Å². The summed E-state index contributed by atoms with van der Waals surface area (Å²) in [6.07, 6.45) is 7.02. The maximum Gasteiger partial charge on any atom is 0.160 e. The molecular weight excluding hydrogens is 408 g/mol. The fourth-order valence-electron chi connectivity index (χ4n) is 3.65. The monoisotopic (exact) mass is 442 g/mol. The Morgan fingerprint density at radius 2 is 1.61 bits per heavy atom. The number of ketones is 1. The van der Waals surface area contributed by atoms with E-state index in [9.17, 15) is 4.79 Å². The van der Waals surface area contributed by atoms with Crippen molar-refractivity contribution < 1.29 is 9.90 Å². The smallest absolute Gasteiger partial charge is 0.160 e. The van der Waals surface area contributed by atoms with E-state index in [0.29, 0.717) is 5.56 Å². The summed E-state index contributed by atoms with van der Waals surface area (Å²) in [5.74, 6) is 0.0266. The van der Waals surface area contributed by atoms with Crippen LogP contribution in [0.25, 0.3) is 22.2 Å². The predicted octanol–water partition coefficient (Wildman–Crippen LogP) is 6.62. The summed E-state index contributed by atoms with van der Waals surface area (Å²) in [4.78, 5) is 20.5. The number of rotatable bonds is 5. The molecule has 0 fully saturated rings. The van der Waals surface area contributed by atoms with Crippen LogP contribution in [0.1, 0.15) is 54.2 Å². The number of nitrogens with zero attached hydrogens (tertiary/aromatic N) is 2. The molecule has 0 radical (unpaired) electrons. The Bertz CT molecular complexity index is 1170. The van der Waals surface area contributed by atoms with Crippen molar-refractivity contribution in [2.24, 2.45) is 0 Å². The maximum atomic E-state index is 11.8. The van der Waals surface area contributed by atoms with Crippen molar-refractivity contribution in [2.45, 2.75) is 47.0 Å². The summed E-state index contributed by atoms with van der Waals surface area (Å²) in [6.45, 7) is 8.06. The summed E-state index contributed by atoms with van der Waals surface area (Å²) < 4.78 is 0. The van der Waals surface area contributed by atoms with E-state index in [1.54, 1.807) is 19.3 Å². The van der Waals surface area contributed by atoms with Gasteiger partial charge in [0.2, 0.25) is 0 Å². The van der Waals surface area contributed by atoms with E-state index in [1.165, 1.54) is 29.5 Å². The van der Waals surface area contributed by atoms with E-state index < -0.39 is 0 Å². The van der Waals surface area contributed by atoms with Crippen LogP contribution < -0.4 is 0 Å². The summed E-state index contributed by atoms with van der Waals surface area (Å²) in [5.41, 5.74) is 7.52. The fourth-order valence-corrected chi connectivity index (χ4v) is 3.65. The molecule has 0 aliphatic heterocycles. The van der Waals surface area contributed by atoms with Crippen molar-refractivity contribution in [1.29, 1.82) is 0 Å². The molecule has 1 N–H and O–H groups in total. The highest BCUT2D eigenvalue weighted by Crippen LogP contribution is 2.24. The zero-order valence-electron chi connectivity index (χ0n) is 20.3. The van der Waals surface area contributed by atoms with Gasteiger partial charge in [-0.15, -0.1) is 0 Å². The van der Waals surface area contributed by atoms with Gasteiger partial charge in [-0.1, -0.05) is 74.4 Å². The minimum Gasteiger partial charge on any atom is -0.400 e. The molecule has 2 aromatic heterocycles. The van der Waals surface area contributed by atoms with E-state index in [-0.39, 0.29) is 5.78 Å². The molecule has 0 bridgehead atoms. The van der Waals surface area contributed by atoms with Crippen LogP contribution >= 0.6 is 0 Å². The molecular formula is C29H34N2O2. The Balaban J connectivity index is 0.000000252. The molecule has 2 aromatic carbocycles. The number of aromatic nitrogens is 2. The van der Waals surface area contributed by atoms with Crippen LogP contribution in [0, 0.1) is 6.92 Å². The number of carbonyl (C=O) groups excluding carboxylic acids is 1. The number of hydrogen-bond donors (Lipinski definition) is 1. The van der Waals surface area contributed by atoms with Crippen molar-refractivity contribution in [3.63, 3.8) is 0 Å². The first kappa shape index (κ1) is 25.9. The second-order valence-corrected chi connectivity index (χ2v) is 7.74. The number of Topliss-reactive ketones (excluding diaryl/α,β-unsaturated/α-hetero) is 1. The van der Waals surface area contributed by atoms with Gasteiger partial charge in [0.1, 0.15) is 0 Å². The van der Waals surface area contributed by atoms with Crippen LogP contribution in [0.15, 0.2) is 73.1 Å². The molecule has 172 valence electrons. The lowest BCUT2D eigenvalue weighted by Gasteiger charge is -2.07. The highest BCUT2D eigenvalue weighted by molar-refractivity contribution is 6.06. The molecule has 0 aliphatic carbocycles. The Hall–Kier alpha value is -3.37. The minimum absolute atomic E-state index is 0.0266. The molecule has 4 heteroatoms. The summed E-state index contributed by atoms with van der Waals surface area (Å²) in [7, 11) is 1.00. The Labute approximate surface area is 197 Å². The zero-order chi connectivity index (χ0) is 24.2. The van der Waals surface area contributed by atoms with E-state index >= 15 is 0 Å². The van der Waals surface area contributed by atoms with Gasteiger partial charge in [-0.05, 0) is 49.9 Å². The van der Waals surface area contributed by atoms with Gasteiger partial charge >= 0.3 is 0 Å². The third kappa shape index (κ3) is 7.06. The van der Waals surface area contributed by atoms with Crippen molar-refractivity contribution in [2.75, 3.05) is 7.11 Å². The lowest BCUT2D eigenvalue weighted by molar-refractivity contribution is 0.101. The first-order chi connectivity index (χ1) is 16.0. The fraction of sp³-hybridized carbons (Fsp3) is 0.276. The zero-order valence-corrected chi connectivity index (χ0v) is 20.3. The first-order valence-electron chi connectivity index (χ1n) is 11.4. The number of aliphatic hydroxyl groups excluding tert-OH is 1. The first-order valence-corrected chi connectivity index (χ1v) is 11.4. The molecule has 4 nitrogen and oxygen atoms in total. The average molecular weight is 443 g/mol. The van der Waals surface area contributed by atoms with Gasteiger partial charge in [-0.25, -0.2) is 4.98 Å². The molecule has 0 saturated carbocycles. The summed E-state index contributed by atoms with van der Waals surface area (Å²) >= 11 is 0. The molecule has 33 heavy (non-hydrogen) atoms. The normalized spacial score (nSPS) is 10.0. The highest BCUT2D eigenvalue weighted by Gasteiger charge is 2.10. The topological polar surface area (TPSA) is 63.1 Å². The van der Waals surface area contributed by atoms with E-state index in [2.05, 4.69) is 48.1 Å². The number of hydrogen-bond acceptors (Lipinski definition) is 4. The standard InChI is InChI=1S/C17H14N2O.C11H16.CH4O/c1-11-3-5-13(6-4-11)17-9-14(12(2)20)15-10-18-8-7-16(15)19-17;1-3-7-11-9-6-5-8-10(11)4-2;1-2/h3-10H,1-2H3;5-6,8-9H,3-4,7H2,1-2H3;2H,1H3.